The average molecular weight is 393 g/mol. The minimum Gasteiger partial charge on any atom is -0.478 e. The number of pyridine rings is 2. The summed E-state index contributed by atoms with van der Waals surface area (Å²) in [4.78, 5) is 20.6. The van der Waals surface area contributed by atoms with Gasteiger partial charge in [0.15, 0.2) is 0 Å². The number of nitrogens with one attached hydrogen (secondary N) is 1. The van der Waals surface area contributed by atoms with Gasteiger partial charge in [-0.3, -0.25) is 9.97 Å². The molecule has 3 heterocycles. The summed E-state index contributed by atoms with van der Waals surface area (Å²) in [6.45, 7) is 1.77. The SMILES string of the molecule is COCc1ccc(-c2ccc3ncc(C(=O)O)c(N[C@H]4CCCOC4)c3c2)cn1. The van der Waals surface area contributed by atoms with E-state index in [1.807, 2.05) is 30.3 Å². The van der Waals surface area contributed by atoms with Gasteiger partial charge in [-0.2, -0.15) is 0 Å². The fourth-order valence-electron chi connectivity index (χ4n) is 3.58. The zero-order chi connectivity index (χ0) is 20.2. The van der Waals surface area contributed by atoms with Gasteiger partial charge in [-0.25, -0.2) is 4.79 Å². The van der Waals surface area contributed by atoms with Crippen LogP contribution < -0.4 is 5.32 Å². The molecule has 0 unspecified atom stereocenters. The quantitative estimate of drug-likeness (QED) is 0.659. The highest BCUT2D eigenvalue weighted by molar-refractivity contribution is 6.05. The molecule has 0 amide bonds. The Bertz CT molecular complexity index is 1010. The Balaban J connectivity index is 1.76. The molecule has 1 fully saturated rings. The highest BCUT2D eigenvalue weighted by atomic mass is 16.5. The number of ether oxygens (including phenoxy) is 2. The third-order valence-electron chi connectivity index (χ3n) is 5.06. The lowest BCUT2D eigenvalue weighted by Gasteiger charge is -2.25. The average Bonchev–Trinajstić information content (AvgIpc) is 2.75. The molecule has 1 aliphatic heterocycles. The van der Waals surface area contributed by atoms with Gasteiger partial charge in [-0.15, -0.1) is 0 Å². The lowest BCUT2D eigenvalue weighted by atomic mass is 10.0. The molecule has 7 nitrogen and oxygen atoms in total. The van der Waals surface area contributed by atoms with Crippen LogP contribution in [0.4, 0.5) is 5.69 Å². The van der Waals surface area contributed by atoms with Crippen molar-refractivity contribution in [3.8, 4) is 11.1 Å². The largest absolute Gasteiger partial charge is 0.478 e. The smallest absolute Gasteiger partial charge is 0.339 e. The van der Waals surface area contributed by atoms with Gasteiger partial charge >= 0.3 is 5.97 Å². The summed E-state index contributed by atoms with van der Waals surface area (Å²) >= 11 is 0. The Labute approximate surface area is 168 Å². The molecule has 0 spiro atoms. The first kappa shape index (κ1) is 19.3. The topological polar surface area (TPSA) is 93.6 Å². The highest BCUT2D eigenvalue weighted by Gasteiger charge is 2.20. The lowest BCUT2D eigenvalue weighted by molar-refractivity contribution is 0.0696. The van der Waals surface area contributed by atoms with Crippen LogP contribution in [0.25, 0.3) is 22.0 Å². The number of fused-ring (bicyclic) bond motifs is 1. The van der Waals surface area contributed by atoms with Crippen molar-refractivity contribution in [1.29, 1.82) is 0 Å². The number of rotatable bonds is 6. The van der Waals surface area contributed by atoms with Crippen molar-refractivity contribution in [3.63, 3.8) is 0 Å². The van der Waals surface area contributed by atoms with Crippen LogP contribution in [0.2, 0.25) is 0 Å². The Morgan fingerprint density at radius 2 is 2.10 bits per heavy atom. The van der Waals surface area contributed by atoms with Crippen LogP contribution in [0.15, 0.2) is 42.7 Å². The maximum absolute atomic E-state index is 11.8. The molecule has 1 saturated heterocycles. The Morgan fingerprint density at radius 1 is 1.24 bits per heavy atom. The van der Waals surface area contributed by atoms with Gasteiger partial charge in [0, 0.05) is 43.1 Å². The summed E-state index contributed by atoms with van der Waals surface area (Å²) in [7, 11) is 1.64. The second kappa shape index (κ2) is 8.55. The first-order valence-corrected chi connectivity index (χ1v) is 9.60. The fourth-order valence-corrected chi connectivity index (χ4v) is 3.58. The van der Waals surface area contributed by atoms with Crippen molar-refractivity contribution in [3.05, 3.63) is 54.0 Å². The predicted octanol–water partition coefficient (Wildman–Crippen LogP) is 3.73. The van der Waals surface area contributed by atoms with Crippen molar-refractivity contribution < 1.29 is 19.4 Å². The van der Waals surface area contributed by atoms with E-state index in [9.17, 15) is 9.90 Å². The number of methoxy groups -OCH3 is 1. The molecule has 1 aromatic carbocycles. The number of hydrogen-bond donors (Lipinski definition) is 2. The van der Waals surface area contributed by atoms with E-state index >= 15 is 0 Å². The van der Waals surface area contributed by atoms with Crippen LogP contribution in [-0.2, 0) is 16.1 Å². The van der Waals surface area contributed by atoms with Crippen molar-refractivity contribution in [2.75, 3.05) is 25.6 Å². The third-order valence-corrected chi connectivity index (χ3v) is 5.06. The van der Waals surface area contributed by atoms with E-state index in [0.29, 0.717) is 18.9 Å². The van der Waals surface area contributed by atoms with Gasteiger partial charge in [-0.1, -0.05) is 12.1 Å². The van der Waals surface area contributed by atoms with Gasteiger partial charge in [0.1, 0.15) is 5.56 Å². The first-order valence-electron chi connectivity index (χ1n) is 9.60. The molecule has 0 aliphatic carbocycles. The number of carbonyl (C=O) groups is 1. The maximum Gasteiger partial charge on any atom is 0.339 e. The highest BCUT2D eigenvalue weighted by Crippen LogP contribution is 2.31. The predicted molar refractivity (Wildman–Crippen MR) is 110 cm³/mol. The van der Waals surface area contributed by atoms with Gasteiger partial charge in [0.25, 0.3) is 0 Å². The van der Waals surface area contributed by atoms with E-state index in [0.717, 1.165) is 47.2 Å². The molecule has 150 valence electrons. The number of nitrogens with zero attached hydrogens (tertiary/aromatic N) is 2. The molecular formula is C22H23N3O4. The van der Waals surface area contributed by atoms with Crippen molar-refractivity contribution in [1.82, 2.24) is 9.97 Å². The summed E-state index contributed by atoms with van der Waals surface area (Å²) in [6.07, 6.45) is 5.10. The molecule has 29 heavy (non-hydrogen) atoms. The standard InChI is InChI=1S/C22H23N3O4/c1-28-12-16-6-4-15(10-23-16)14-5-7-20-18(9-14)21(19(11-24-20)22(26)27)25-17-3-2-8-29-13-17/h4-7,9-11,17H,2-3,8,12-13H2,1H3,(H,24,25)(H,26,27)/t17-/m0/s1. The normalized spacial score (nSPS) is 16.7. The van der Waals surface area contributed by atoms with Crippen LogP contribution in [0.5, 0.6) is 0 Å². The molecule has 0 saturated carbocycles. The van der Waals surface area contributed by atoms with Crippen molar-refractivity contribution in [2.45, 2.75) is 25.5 Å². The van der Waals surface area contributed by atoms with E-state index in [1.54, 1.807) is 13.3 Å². The second-order valence-corrected chi connectivity index (χ2v) is 7.11. The number of carboxylic acid groups (broad SMARTS) is 1. The summed E-state index contributed by atoms with van der Waals surface area (Å²) in [5, 5.41) is 13.9. The number of hydrogen-bond acceptors (Lipinski definition) is 6. The van der Waals surface area contributed by atoms with Crippen molar-refractivity contribution in [2.24, 2.45) is 0 Å². The van der Waals surface area contributed by atoms with Crippen LogP contribution in [0.1, 0.15) is 28.9 Å². The lowest BCUT2D eigenvalue weighted by Crippen LogP contribution is -2.30. The molecule has 0 radical (unpaired) electrons. The van der Waals surface area contributed by atoms with Crippen LogP contribution >= 0.6 is 0 Å². The first-order chi connectivity index (χ1) is 14.2. The van der Waals surface area contributed by atoms with Gasteiger partial charge < -0.3 is 19.9 Å². The molecule has 3 aromatic rings. The Kier molecular flexibility index (Phi) is 5.69. The fraction of sp³-hybridized carbons (Fsp3) is 0.318. The van der Waals surface area contributed by atoms with Crippen molar-refractivity contribution >= 4 is 22.6 Å². The summed E-state index contributed by atoms with van der Waals surface area (Å²) in [5.41, 5.74) is 4.23. The minimum absolute atomic E-state index is 0.0751. The molecular weight excluding hydrogens is 370 g/mol. The number of benzene rings is 1. The molecule has 7 heteroatoms. The molecule has 2 aromatic heterocycles. The van der Waals surface area contributed by atoms with E-state index in [-0.39, 0.29) is 11.6 Å². The Morgan fingerprint density at radius 3 is 2.79 bits per heavy atom. The molecule has 2 N–H and O–H groups in total. The molecule has 0 bridgehead atoms. The van der Waals surface area contributed by atoms with E-state index in [4.69, 9.17) is 9.47 Å². The van der Waals surface area contributed by atoms with Crippen LogP contribution in [0.3, 0.4) is 0 Å². The number of aromatic nitrogens is 2. The van der Waals surface area contributed by atoms with Gasteiger partial charge in [-0.05, 0) is 36.6 Å². The molecule has 4 rings (SSSR count). The van der Waals surface area contributed by atoms with E-state index in [2.05, 4.69) is 15.3 Å². The number of anilines is 1. The summed E-state index contributed by atoms with van der Waals surface area (Å²) < 4.78 is 10.7. The second-order valence-electron chi connectivity index (χ2n) is 7.11. The zero-order valence-corrected chi connectivity index (χ0v) is 16.2. The van der Waals surface area contributed by atoms with Gasteiger partial charge in [0.2, 0.25) is 0 Å². The van der Waals surface area contributed by atoms with Gasteiger partial charge in [0.05, 0.1) is 30.1 Å². The van der Waals surface area contributed by atoms with E-state index < -0.39 is 5.97 Å². The number of aromatic carboxylic acids is 1. The number of carboxylic acids is 1. The maximum atomic E-state index is 11.8. The van der Waals surface area contributed by atoms with Crippen LogP contribution in [-0.4, -0.2) is 47.4 Å². The summed E-state index contributed by atoms with van der Waals surface area (Å²) in [5.74, 6) is -1.00. The van der Waals surface area contributed by atoms with Crippen LogP contribution in [0, 0.1) is 0 Å². The monoisotopic (exact) mass is 393 g/mol. The zero-order valence-electron chi connectivity index (χ0n) is 16.2. The summed E-state index contributed by atoms with van der Waals surface area (Å²) in [6, 6.07) is 9.82. The minimum atomic E-state index is -1.00. The Hall–Kier alpha value is -3.03. The van der Waals surface area contributed by atoms with E-state index in [1.165, 1.54) is 6.20 Å². The molecule has 1 atom stereocenters. The third kappa shape index (κ3) is 4.21. The molecule has 1 aliphatic rings.